The minimum Gasteiger partial charge on any atom is -0.480 e. The first-order chi connectivity index (χ1) is 10.6. The summed E-state index contributed by atoms with van der Waals surface area (Å²) in [7, 11) is 0. The molecule has 112 valence electrons. The lowest BCUT2D eigenvalue weighted by molar-refractivity contribution is -0.122. The molecule has 0 saturated heterocycles. The smallest absolute Gasteiger partial charge is 0.265 e. The van der Waals surface area contributed by atoms with Crippen molar-refractivity contribution in [3.05, 3.63) is 54.1 Å². The molecule has 2 amide bonds. The van der Waals surface area contributed by atoms with Crippen molar-refractivity contribution in [2.45, 2.75) is 19.4 Å². The minimum absolute atomic E-state index is 0.131. The van der Waals surface area contributed by atoms with Crippen LogP contribution in [-0.4, -0.2) is 17.9 Å². The number of fused-ring (bicyclic) bond motifs is 1. The van der Waals surface area contributed by atoms with Crippen LogP contribution in [-0.2, 0) is 16.0 Å². The lowest BCUT2D eigenvalue weighted by Gasteiger charge is -2.12. The SMILES string of the molecule is CC(=O)Nc1ccc(NC(=O)[C@@H]2Cc3ccccc3O2)cc1. The van der Waals surface area contributed by atoms with Crippen molar-refractivity contribution in [3.63, 3.8) is 0 Å². The Morgan fingerprint density at radius 1 is 1.00 bits per heavy atom. The van der Waals surface area contributed by atoms with Crippen LogP contribution in [0.25, 0.3) is 0 Å². The van der Waals surface area contributed by atoms with Gasteiger partial charge in [0.15, 0.2) is 6.10 Å². The Morgan fingerprint density at radius 2 is 1.64 bits per heavy atom. The van der Waals surface area contributed by atoms with Gasteiger partial charge < -0.3 is 15.4 Å². The molecule has 1 heterocycles. The monoisotopic (exact) mass is 296 g/mol. The fourth-order valence-corrected chi connectivity index (χ4v) is 2.39. The van der Waals surface area contributed by atoms with E-state index in [1.165, 1.54) is 6.92 Å². The van der Waals surface area contributed by atoms with Crippen molar-refractivity contribution >= 4 is 23.2 Å². The summed E-state index contributed by atoms with van der Waals surface area (Å²) < 4.78 is 5.65. The van der Waals surface area contributed by atoms with Crippen molar-refractivity contribution in [2.24, 2.45) is 0 Å². The maximum Gasteiger partial charge on any atom is 0.265 e. The van der Waals surface area contributed by atoms with Gasteiger partial charge in [-0.25, -0.2) is 0 Å². The molecule has 0 saturated carbocycles. The summed E-state index contributed by atoms with van der Waals surface area (Å²) in [5.41, 5.74) is 2.40. The number of benzene rings is 2. The highest BCUT2D eigenvalue weighted by atomic mass is 16.5. The van der Waals surface area contributed by atoms with Crippen LogP contribution in [0.4, 0.5) is 11.4 Å². The van der Waals surface area contributed by atoms with E-state index in [-0.39, 0.29) is 11.8 Å². The third-order valence-electron chi connectivity index (χ3n) is 3.41. The number of ether oxygens (including phenoxy) is 1. The van der Waals surface area contributed by atoms with Crippen molar-refractivity contribution in [1.82, 2.24) is 0 Å². The number of hydrogen-bond donors (Lipinski definition) is 2. The second kappa shape index (κ2) is 5.89. The van der Waals surface area contributed by atoms with E-state index < -0.39 is 6.10 Å². The molecule has 2 aromatic carbocycles. The molecular formula is C17H16N2O3. The Morgan fingerprint density at radius 3 is 2.27 bits per heavy atom. The molecule has 0 aliphatic carbocycles. The van der Waals surface area contributed by atoms with Crippen LogP contribution in [0.15, 0.2) is 48.5 Å². The summed E-state index contributed by atoms with van der Waals surface area (Å²) in [6, 6.07) is 14.6. The molecule has 5 heteroatoms. The van der Waals surface area contributed by atoms with Crippen molar-refractivity contribution < 1.29 is 14.3 Å². The first-order valence-electron chi connectivity index (χ1n) is 7.05. The van der Waals surface area contributed by atoms with Crippen molar-refractivity contribution in [2.75, 3.05) is 10.6 Å². The summed E-state index contributed by atoms with van der Waals surface area (Å²) >= 11 is 0. The second-order valence-corrected chi connectivity index (χ2v) is 5.17. The molecular weight excluding hydrogens is 280 g/mol. The van der Waals surface area contributed by atoms with Crippen LogP contribution in [0.2, 0.25) is 0 Å². The fraction of sp³-hybridized carbons (Fsp3) is 0.176. The van der Waals surface area contributed by atoms with Gasteiger partial charge in [0.2, 0.25) is 5.91 Å². The predicted octanol–water partition coefficient (Wildman–Crippen LogP) is 2.59. The number of nitrogens with one attached hydrogen (secondary N) is 2. The molecule has 2 N–H and O–H groups in total. The molecule has 5 nitrogen and oxygen atoms in total. The third kappa shape index (κ3) is 3.09. The largest absolute Gasteiger partial charge is 0.480 e. The Kier molecular flexibility index (Phi) is 3.78. The standard InChI is InChI=1S/C17H16N2O3/c1-11(20)18-13-6-8-14(9-7-13)19-17(21)16-10-12-4-2-3-5-15(12)22-16/h2-9,16H,10H2,1H3,(H,18,20)(H,19,21)/t16-/m0/s1. The first-order valence-corrected chi connectivity index (χ1v) is 7.05. The lowest BCUT2D eigenvalue weighted by Crippen LogP contribution is -2.31. The Bertz CT molecular complexity index is 685. The summed E-state index contributed by atoms with van der Waals surface area (Å²) in [6.45, 7) is 1.45. The number of para-hydroxylation sites is 1. The van der Waals surface area contributed by atoms with Crippen molar-refractivity contribution in [3.8, 4) is 5.75 Å². The molecule has 22 heavy (non-hydrogen) atoms. The molecule has 0 fully saturated rings. The number of hydrogen-bond acceptors (Lipinski definition) is 3. The van der Waals surface area contributed by atoms with Gasteiger partial charge in [-0.2, -0.15) is 0 Å². The van der Waals surface area contributed by atoms with E-state index in [0.29, 0.717) is 17.8 Å². The van der Waals surface area contributed by atoms with Gasteiger partial charge in [0, 0.05) is 24.7 Å². The Balaban J connectivity index is 1.62. The number of anilines is 2. The molecule has 0 spiro atoms. The molecule has 0 aromatic heterocycles. The zero-order chi connectivity index (χ0) is 15.5. The van der Waals surface area contributed by atoms with E-state index >= 15 is 0 Å². The molecule has 0 radical (unpaired) electrons. The summed E-state index contributed by atoms with van der Waals surface area (Å²) in [5, 5.41) is 5.50. The normalized spacial score (nSPS) is 15.6. The molecule has 2 aromatic rings. The first kappa shape index (κ1) is 14.1. The van der Waals surface area contributed by atoms with E-state index in [9.17, 15) is 9.59 Å². The third-order valence-corrected chi connectivity index (χ3v) is 3.41. The van der Waals surface area contributed by atoms with Crippen LogP contribution in [0, 0.1) is 0 Å². The maximum atomic E-state index is 12.2. The number of carbonyl (C=O) groups is 2. The summed E-state index contributed by atoms with van der Waals surface area (Å²) in [6.07, 6.45) is 0.0684. The molecule has 0 unspecified atom stereocenters. The van der Waals surface area contributed by atoms with Crippen LogP contribution < -0.4 is 15.4 Å². The Hall–Kier alpha value is -2.82. The van der Waals surface area contributed by atoms with Gasteiger partial charge in [0.05, 0.1) is 0 Å². The molecule has 1 atom stereocenters. The zero-order valence-electron chi connectivity index (χ0n) is 12.1. The van der Waals surface area contributed by atoms with Gasteiger partial charge in [0.25, 0.3) is 5.91 Å². The zero-order valence-corrected chi connectivity index (χ0v) is 12.1. The van der Waals surface area contributed by atoms with E-state index in [1.54, 1.807) is 24.3 Å². The quantitative estimate of drug-likeness (QED) is 0.915. The van der Waals surface area contributed by atoms with Crippen LogP contribution in [0.5, 0.6) is 5.75 Å². The lowest BCUT2D eigenvalue weighted by atomic mass is 10.1. The van der Waals surface area contributed by atoms with E-state index in [4.69, 9.17) is 4.74 Å². The van der Waals surface area contributed by atoms with Crippen LogP contribution in [0.3, 0.4) is 0 Å². The van der Waals surface area contributed by atoms with E-state index in [2.05, 4.69) is 10.6 Å². The minimum atomic E-state index is -0.507. The molecule has 0 bridgehead atoms. The van der Waals surface area contributed by atoms with Crippen LogP contribution in [0.1, 0.15) is 12.5 Å². The second-order valence-electron chi connectivity index (χ2n) is 5.17. The number of amides is 2. The molecule has 1 aliphatic heterocycles. The van der Waals surface area contributed by atoms with E-state index in [1.807, 2.05) is 24.3 Å². The van der Waals surface area contributed by atoms with Gasteiger partial charge in [-0.1, -0.05) is 18.2 Å². The number of carbonyl (C=O) groups excluding carboxylic acids is 2. The summed E-state index contributed by atoms with van der Waals surface area (Å²) in [5.74, 6) is 0.459. The highest BCUT2D eigenvalue weighted by Gasteiger charge is 2.28. The van der Waals surface area contributed by atoms with Gasteiger partial charge in [-0.05, 0) is 35.9 Å². The maximum absolute atomic E-state index is 12.2. The van der Waals surface area contributed by atoms with E-state index in [0.717, 1.165) is 11.3 Å². The average molecular weight is 296 g/mol. The van der Waals surface area contributed by atoms with Gasteiger partial charge in [0.1, 0.15) is 5.75 Å². The van der Waals surface area contributed by atoms with Crippen molar-refractivity contribution in [1.29, 1.82) is 0 Å². The highest BCUT2D eigenvalue weighted by molar-refractivity contribution is 5.95. The summed E-state index contributed by atoms with van der Waals surface area (Å²) in [4.78, 5) is 23.2. The number of rotatable bonds is 3. The average Bonchev–Trinajstić information content (AvgIpc) is 2.93. The van der Waals surface area contributed by atoms with Gasteiger partial charge in [-0.3, -0.25) is 9.59 Å². The van der Waals surface area contributed by atoms with Crippen LogP contribution >= 0.6 is 0 Å². The molecule has 3 rings (SSSR count). The highest BCUT2D eigenvalue weighted by Crippen LogP contribution is 2.28. The predicted molar refractivity (Wildman–Crippen MR) is 83.9 cm³/mol. The fourth-order valence-electron chi connectivity index (χ4n) is 2.39. The van der Waals surface area contributed by atoms with Gasteiger partial charge >= 0.3 is 0 Å². The topological polar surface area (TPSA) is 67.4 Å². The van der Waals surface area contributed by atoms with Gasteiger partial charge in [-0.15, -0.1) is 0 Å². The Labute approximate surface area is 128 Å². The molecule has 1 aliphatic rings.